The molecule has 4 rings (SSSR count). The lowest BCUT2D eigenvalue weighted by Crippen LogP contribution is -2.31. The fraction of sp³-hybridized carbons (Fsp3) is 0.294. The van der Waals surface area contributed by atoms with Gasteiger partial charge >= 0.3 is 0 Å². The molecule has 1 aromatic heterocycles. The number of allylic oxidation sites excluding steroid dienone is 2. The number of rotatable bonds is 2. The number of benzene rings is 1. The predicted octanol–water partition coefficient (Wildman–Crippen LogP) is 2.28. The first-order valence-electron chi connectivity index (χ1n) is 7.75. The topological polar surface area (TPSA) is 82.2 Å². The number of aliphatic hydroxyl groups is 1. The first-order valence-corrected chi connectivity index (χ1v) is 9.24. The van der Waals surface area contributed by atoms with Gasteiger partial charge in [0, 0.05) is 22.7 Å². The number of aromatic nitrogens is 1. The minimum Gasteiger partial charge on any atom is -0.394 e. The minimum atomic E-state index is -3.51. The highest BCUT2D eigenvalue weighted by Crippen LogP contribution is 2.42. The van der Waals surface area contributed by atoms with Crippen molar-refractivity contribution in [1.82, 2.24) is 9.71 Å². The molecule has 0 saturated heterocycles. The highest BCUT2D eigenvalue weighted by atomic mass is 32.2. The van der Waals surface area contributed by atoms with Crippen LogP contribution in [-0.4, -0.2) is 31.2 Å². The van der Waals surface area contributed by atoms with Crippen molar-refractivity contribution in [1.29, 1.82) is 0 Å². The van der Waals surface area contributed by atoms with Crippen molar-refractivity contribution >= 4 is 26.5 Å². The van der Waals surface area contributed by atoms with Gasteiger partial charge in [0.15, 0.2) is 0 Å². The van der Waals surface area contributed by atoms with Gasteiger partial charge in [-0.15, -0.1) is 0 Å². The van der Waals surface area contributed by atoms with Crippen molar-refractivity contribution in [2.24, 2.45) is 5.92 Å². The summed E-state index contributed by atoms with van der Waals surface area (Å²) in [4.78, 5) is 3.43. The van der Waals surface area contributed by atoms with Crippen LogP contribution in [0.3, 0.4) is 0 Å². The van der Waals surface area contributed by atoms with Crippen LogP contribution in [0.2, 0.25) is 0 Å². The molecule has 1 aliphatic heterocycles. The Balaban J connectivity index is 1.89. The Morgan fingerprint density at radius 1 is 1.38 bits per heavy atom. The number of hydrogen-bond donors (Lipinski definition) is 3. The van der Waals surface area contributed by atoms with Gasteiger partial charge in [-0.2, -0.15) is 0 Å². The van der Waals surface area contributed by atoms with Crippen LogP contribution in [0.25, 0.3) is 16.5 Å². The third-order valence-electron chi connectivity index (χ3n) is 4.79. The number of aliphatic hydroxyl groups excluding tert-OH is 1. The van der Waals surface area contributed by atoms with E-state index in [1.165, 1.54) is 12.1 Å². The molecule has 24 heavy (non-hydrogen) atoms. The molecule has 0 spiro atoms. The average molecular weight is 348 g/mol. The summed E-state index contributed by atoms with van der Waals surface area (Å²) in [5, 5.41) is 10.4. The number of fused-ring (bicyclic) bond motifs is 1. The maximum atomic E-state index is 13.4. The third kappa shape index (κ3) is 2.23. The van der Waals surface area contributed by atoms with E-state index >= 15 is 0 Å². The van der Waals surface area contributed by atoms with E-state index in [1.807, 2.05) is 19.2 Å². The van der Waals surface area contributed by atoms with Crippen LogP contribution in [-0.2, 0) is 10.0 Å². The zero-order chi connectivity index (χ0) is 17.1. The van der Waals surface area contributed by atoms with Gasteiger partial charge in [0.05, 0.1) is 17.6 Å². The fourth-order valence-electron chi connectivity index (χ4n) is 3.59. The molecular weight excluding hydrogens is 331 g/mol. The maximum Gasteiger partial charge on any atom is 0.237 e. The SMILES string of the molecule is CC1CC2=C(C=C1c1c[nH]c3cc(F)ccc13)C(CO)NS2(=O)=O. The quantitative estimate of drug-likeness (QED) is 0.779. The Morgan fingerprint density at radius 3 is 2.92 bits per heavy atom. The van der Waals surface area contributed by atoms with Crippen molar-refractivity contribution in [2.75, 3.05) is 6.61 Å². The van der Waals surface area contributed by atoms with E-state index in [0.717, 1.165) is 16.5 Å². The lowest BCUT2D eigenvalue weighted by Gasteiger charge is -2.22. The van der Waals surface area contributed by atoms with E-state index in [1.54, 1.807) is 6.07 Å². The summed E-state index contributed by atoms with van der Waals surface area (Å²) < 4.78 is 40.3. The van der Waals surface area contributed by atoms with Crippen molar-refractivity contribution < 1.29 is 17.9 Å². The smallest absolute Gasteiger partial charge is 0.237 e. The average Bonchev–Trinajstić information content (AvgIpc) is 3.05. The molecule has 2 aliphatic rings. The van der Waals surface area contributed by atoms with E-state index in [2.05, 4.69) is 9.71 Å². The summed E-state index contributed by atoms with van der Waals surface area (Å²) in [7, 11) is -3.51. The molecule has 126 valence electrons. The predicted molar refractivity (Wildman–Crippen MR) is 90.0 cm³/mol. The Labute approximate surface area is 138 Å². The monoisotopic (exact) mass is 348 g/mol. The van der Waals surface area contributed by atoms with E-state index in [9.17, 15) is 17.9 Å². The van der Waals surface area contributed by atoms with Crippen LogP contribution < -0.4 is 4.72 Å². The van der Waals surface area contributed by atoms with Crippen LogP contribution in [0, 0.1) is 11.7 Å². The zero-order valence-electron chi connectivity index (χ0n) is 13.0. The normalized spacial score (nSPS) is 25.9. The Bertz CT molecular complexity index is 1000. The number of H-pyrrole nitrogens is 1. The van der Waals surface area contributed by atoms with Crippen LogP contribution in [0.1, 0.15) is 18.9 Å². The van der Waals surface area contributed by atoms with Gasteiger partial charge in [-0.05, 0) is 41.7 Å². The number of nitrogens with one attached hydrogen (secondary N) is 2. The number of sulfonamides is 1. The molecule has 1 aliphatic carbocycles. The Hall–Kier alpha value is -1.96. The molecule has 0 radical (unpaired) electrons. The summed E-state index contributed by atoms with van der Waals surface area (Å²) in [6.45, 7) is 1.69. The second-order valence-electron chi connectivity index (χ2n) is 6.33. The largest absolute Gasteiger partial charge is 0.394 e. The van der Waals surface area contributed by atoms with Gasteiger partial charge in [-0.3, -0.25) is 0 Å². The van der Waals surface area contributed by atoms with Gasteiger partial charge in [0.1, 0.15) is 5.82 Å². The lowest BCUT2D eigenvalue weighted by molar-refractivity contribution is 0.275. The summed E-state index contributed by atoms with van der Waals surface area (Å²) in [5.41, 5.74) is 3.25. The van der Waals surface area contributed by atoms with Crippen LogP contribution in [0.5, 0.6) is 0 Å². The molecule has 0 bridgehead atoms. The molecule has 2 atom stereocenters. The van der Waals surface area contributed by atoms with Crippen LogP contribution in [0.4, 0.5) is 4.39 Å². The Kier molecular flexibility index (Phi) is 3.42. The molecule has 7 heteroatoms. The molecule has 0 saturated carbocycles. The van der Waals surface area contributed by atoms with Gasteiger partial charge in [-0.25, -0.2) is 17.5 Å². The van der Waals surface area contributed by atoms with Gasteiger partial charge < -0.3 is 10.1 Å². The van der Waals surface area contributed by atoms with Crippen molar-refractivity contribution in [3.8, 4) is 0 Å². The molecule has 1 aromatic carbocycles. The zero-order valence-corrected chi connectivity index (χ0v) is 13.8. The standard InChI is InChI=1S/C17H17FN2O3S/c1-9-4-17-13(16(8-21)20-24(17,22)23)6-12(9)14-7-19-15-5-10(18)2-3-11(14)15/h2-3,5-7,9,16,19-21H,4,8H2,1H3. The van der Waals surface area contributed by atoms with E-state index in [4.69, 9.17) is 0 Å². The minimum absolute atomic E-state index is 0.00169. The van der Waals surface area contributed by atoms with Gasteiger partial charge in [0.2, 0.25) is 10.0 Å². The fourth-order valence-corrected chi connectivity index (χ4v) is 5.29. The highest BCUT2D eigenvalue weighted by Gasteiger charge is 2.39. The van der Waals surface area contributed by atoms with Crippen molar-refractivity contribution in [3.05, 3.63) is 52.3 Å². The second kappa shape index (κ2) is 5.27. The molecule has 3 N–H and O–H groups in total. The van der Waals surface area contributed by atoms with E-state index in [-0.39, 0.29) is 18.3 Å². The molecule has 0 amide bonds. The van der Waals surface area contributed by atoms with E-state index in [0.29, 0.717) is 22.4 Å². The molecule has 5 nitrogen and oxygen atoms in total. The summed E-state index contributed by atoms with van der Waals surface area (Å²) in [6, 6.07) is 3.98. The molecule has 2 heterocycles. The second-order valence-corrected chi connectivity index (χ2v) is 8.07. The van der Waals surface area contributed by atoms with E-state index < -0.39 is 16.1 Å². The maximum absolute atomic E-state index is 13.4. The van der Waals surface area contributed by atoms with Gasteiger partial charge in [0.25, 0.3) is 0 Å². The number of halogens is 1. The van der Waals surface area contributed by atoms with Crippen LogP contribution in [0.15, 0.2) is 41.0 Å². The molecular formula is C17H17FN2O3S. The highest BCUT2D eigenvalue weighted by molar-refractivity contribution is 7.93. The first kappa shape index (κ1) is 15.6. The van der Waals surface area contributed by atoms with Gasteiger partial charge in [-0.1, -0.05) is 13.0 Å². The molecule has 2 unspecified atom stereocenters. The Morgan fingerprint density at radius 2 is 2.17 bits per heavy atom. The van der Waals surface area contributed by atoms with Crippen molar-refractivity contribution in [2.45, 2.75) is 19.4 Å². The molecule has 0 fully saturated rings. The molecule has 2 aromatic rings. The first-order chi connectivity index (χ1) is 11.4. The van der Waals surface area contributed by atoms with Crippen molar-refractivity contribution in [3.63, 3.8) is 0 Å². The van der Waals surface area contributed by atoms with Crippen LogP contribution >= 0.6 is 0 Å². The summed E-state index contributed by atoms with van der Waals surface area (Å²) in [5.74, 6) is -0.306. The number of hydrogen-bond acceptors (Lipinski definition) is 3. The summed E-state index contributed by atoms with van der Waals surface area (Å²) >= 11 is 0. The lowest BCUT2D eigenvalue weighted by atomic mass is 9.83. The third-order valence-corrected chi connectivity index (χ3v) is 6.44. The number of aromatic amines is 1. The summed E-state index contributed by atoms with van der Waals surface area (Å²) in [6.07, 6.45) is 4.07.